The number of carbonyl (C=O) groups excluding carboxylic acids is 2. The van der Waals surface area contributed by atoms with Crippen LogP contribution in [-0.2, 0) is 12.8 Å². The lowest BCUT2D eigenvalue weighted by molar-refractivity contribution is 0.0946. The zero-order valence-electron chi connectivity index (χ0n) is 35.6. The molecule has 6 aromatic carbocycles. The molecule has 0 fully saturated rings. The topological polar surface area (TPSA) is 133 Å². The SMILES string of the molecule is CN(C)c1ccc(N=Nc2ccc(C(=O)NCCc3ccc(OC/C=C/COc4ccc(CCNC(=O)c5ccc(N=Nc6ccc(N(C)C)cc6)cc5)cc4)cc3)cc2)cc1. The average molecular weight is 829 g/mol. The van der Waals surface area contributed by atoms with Crippen molar-refractivity contribution < 1.29 is 19.1 Å². The number of hydrogen-bond donors (Lipinski definition) is 2. The van der Waals surface area contributed by atoms with Gasteiger partial charge in [-0.2, -0.15) is 20.5 Å². The molecule has 0 aromatic heterocycles. The van der Waals surface area contributed by atoms with Gasteiger partial charge in [0.2, 0.25) is 0 Å². The standard InChI is InChI=1S/C50H52N8O4/c1-57(2)45-23-19-43(20-24-45)55-53-41-15-11-39(12-16-41)49(59)51-33-31-37-7-27-47(28-8-37)61-35-5-6-36-62-48-29-9-38(10-30-48)32-34-52-50(60)40-13-17-42(18-14-40)54-56-44-21-25-46(26-22-44)58(3)4/h5-30H,31-36H2,1-4H3,(H,51,59)(H,52,60)/b6-5+,55-53?,56-54?. The Morgan fingerprint density at radius 3 is 1.06 bits per heavy atom. The first-order chi connectivity index (χ1) is 30.2. The highest BCUT2D eigenvalue weighted by Gasteiger charge is 2.07. The number of hydrogen-bond acceptors (Lipinski definition) is 10. The van der Waals surface area contributed by atoms with Crippen LogP contribution in [0, 0.1) is 0 Å². The van der Waals surface area contributed by atoms with Gasteiger partial charge < -0.3 is 29.9 Å². The average Bonchev–Trinajstić information content (AvgIpc) is 3.30. The summed E-state index contributed by atoms with van der Waals surface area (Å²) in [6.07, 6.45) is 5.23. The first-order valence-electron chi connectivity index (χ1n) is 20.4. The number of rotatable bonds is 20. The van der Waals surface area contributed by atoms with Crippen molar-refractivity contribution in [3.8, 4) is 11.5 Å². The predicted molar refractivity (Wildman–Crippen MR) is 248 cm³/mol. The van der Waals surface area contributed by atoms with E-state index in [4.69, 9.17) is 9.47 Å². The third kappa shape index (κ3) is 14.0. The van der Waals surface area contributed by atoms with Crippen molar-refractivity contribution in [3.63, 3.8) is 0 Å². The van der Waals surface area contributed by atoms with Crippen LogP contribution in [-0.4, -0.2) is 66.3 Å². The van der Waals surface area contributed by atoms with Gasteiger partial charge in [0, 0.05) is 63.8 Å². The number of amides is 2. The van der Waals surface area contributed by atoms with Gasteiger partial charge in [-0.3, -0.25) is 9.59 Å². The third-order valence-electron chi connectivity index (χ3n) is 9.66. The maximum absolute atomic E-state index is 12.7. The van der Waals surface area contributed by atoms with E-state index in [1.165, 1.54) is 0 Å². The van der Waals surface area contributed by atoms with Crippen LogP contribution in [0.15, 0.2) is 178 Å². The smallest absolute Gasteiger partial charge is 0.251 e. The fourth-order valence-corrected chi connectivity index (χ4v) is 6.00. The van der Waals surface area contributed by atoms with Crippen molar-refractivity contribution in [3.05, 3.63) is 180 Å². The first-order valence-corrected chi connectivity index (χ1v) is 20.4. The first kappa shape index (κ1) is 44.0. The monoisotopic (exact) mass is 828 g/mol. The van der Waals surface area contributed by atoms with E-state index in [0.717, 1.165) is 45.4 Å². The second kappa shape index (κ2) is 22.7. The van der Waals surface area contributed by atoms with E-state index in [9.17, 15) is 9.59 Å². The fourth-order valence-electron chi connectivity index (χ4n) is 6.00. The second-order valence-corrected chi connectivity index (χ2v) is 14.7. The largest absolute Gasteiger partial charge is 0.490 e. The zero-order chi connectivity index (χ0) is 43.5. The Morgan fingerprint density at radius 2 is 0.758 bits per heavy atom. The summed E-state index contributed by atoms with van der Waals surface area (Å²) < 4.78 is 11.7. The molecule has 0 aliphatic carbocycles. The number of carbonyl (C=O) groups is 2. The number of benzene rings is 6. The Balaban J connectivity index is 0.814. The van der Waals surface area contributed by atoms with Crippen LogP contribution in [0.2, 0.25) is 0 Å². The molecule has 316 valence electrons. The van der Waals surface area contributed by atoms with E-state index in [1.807, 2.05) is 147 Å². The molecule has 0 heterocycles. The summed E-state index contributed by atoms with van der Waals surface area (Å²) >= 11 is 0. The summed E-state index contributed by atoms with van der Waals surface area (Å²) in [6.45, 7) is 1.84. The quantitative estimate of drug-likeness (QED) is 0.0582. The van der Waals surface area contributed by atoms with Crippen molar-refractivity contribution in [2.45, 2.75) is 12.8 Å². The van der Waals surface area contributed by atoms with Gasteiger partial charge >= 0.3 is 0 Å². The van der Waals surface area contributed by atoms with Gasteiger partial charge in [-0.25, -0.2) is 0 Å². The molecule has 0 unspecified atom stereocenters. The molecule has 12 nitrogen and oxygen atoms in total. The van der Waals surface area contributed by atoms with E-state index in [2.05, 4.69) is 31.1 Å². The number of azo groups is 2. The molecule has 2 N–H and O–H groups in total. The molecule has 0 saturated carbocycles. The molecular weight excluding hydrogens is 777 g/mol. The van der Waals surface area contributed by atoms with Gasteiger partial charge in [0.25, 0.3) is 11.8 Å². The van der Waals surface area contributed by atoms with Crippen LogP contribution in [0.25, 0.3) is 0 Å². The molecule has 62 heavy (non-hydrogen) atoms. The fraction of sp³-hybridized carbons (Fsp3) is 0.200. The number of ether oxygens (including phenoxy) is 2. The summed E-state index contributed by atoms with van der Waals surface area (Å²) in [5.41, 5.74) is 8.37. The van der Waals surface area contributed by atoms with Crippen LogP contribution >= 0.6 is 0 Å². The van der Waals surface area contributed by atoms with Crippen LogP contribution in [0.1, 0.15) is 31.8 Å². The van der Waals surface area contributed by atoms with Crippen molar-refractivity contribution in [1.29, 1.82) is 0 Å². The maximum Gasteiger partial charge on any atom is 0.251 e. The van der Waals surface area contributed by atoms with Gasteiger partial charge in [0.15, 0.2) is 0 Å². The lowest BCUT2D eigenvalue weighted by Gasteiger charge is -2.11. The summed E-state index contributed by atoms with van der Waals surface area (Å²) in [4.78, 5) is 29.4. The molecule has 0 saturated heterocycles. The van der Waals surface area contributed by atoms with E-state index < -0.39 is 0 Å². The molecular formula is C50H52N8O4. The van der Waals surface area contributed by atoms with Gasteiger partial charge in [-0.15, -0.1) is 0 Å². The van der Waals surface area contributed by atoms with Gasteiger partial charge in [0.1, 0.15) is 24.7 Å². The van der Waals surface area contributed by atoms with E-state index in [1.54, 1.807) is 48.5 Å². The van der Waals surface area contributed by atoms with Crippen molar-refractivity contribution in [2.75, 3.05) is 64.3 Å². The molecule has 6 rings (SSSR count). The van der Waals surface area contributed by atoms with E-state index in [0.29, 0.717) is 61.6 Å². The Bertz CT molecular complexity index is 2240. The third-order valence-corrected chi connectivity index (χ3v) is 9.66. The molecule has 0 atom stereocenters. The Morgan fingerprint density at radius 1 is 0.452 bits per heavy atom. The Hall–Kier alpha value is -7.60. The summed E-state index contributed by atoms with van der Waals surface area (Å²) in [7, 11) is 7.96. The summed E-state index contributed by atoms with van der Waals surface area (Å²) in [5.74, 6) is 1.25. The maximum atomic E-state index is 12.7. The highest BCUT2D eigenvalue weighted by atomic mass is 16.5. The lowest BCUT2D eigenvalue weighted by Crippen LogP contribution is -2.25. The molecule has 0 radical (unpaired) electrons. The zero-order valence-corrected chi connectivity index (χ0v) is 35.6. The summed E-state index contributed by atoms with van der Waals surface area (Å²) in [6, 6.07) is 45.5. The van der Waals surface area contributed by atoms with Crippen LogP contribution in [0.5, 0.6) is 11.5 Å². The summed E-state index contributed by atoms with van der Waals surface area (Å²) in [5, 5.41) is 23.1. The molecule has 0 aliphatic heterocycles. The molecule has 6 aromatic rings. The molecule has 12 heteroatoms. The normalized spacial score (nSPS) is 11.2. The molecule has 0 aliphatic rings. The lowest BCUT2D eigenvalue weighted by atomic mass is 10.1. The molecule has 2 amide bonds. The predicted octanol–water partition coefficient (Wildman–Crippen LogP) is 10.6. The van der Waals surface area contributed by atoms with Crippen LogP contribution < -0.4 is 29.9 Å². The van der Waals surface area contributed by atoms with Crippen molar-refractivity contribution >= 4 is 45.9 Å². The number of anilines is 2. The molecule has 0 spiro atoms. The van der Waals surface area contributed by atoms with Gasteiger partial charge in [-0.1, -0.05) is 24.3 Å². The van der Waals surface area contributed by atoms with Crippen LogP contribution in [0.4, 0.5) is 34.1 Å². The van der Waals surface area contributed by atoms with Crippen LogP contribution in [0.3, 0.4) is 0 Å². The number of nitrogens with zero attached hydrogens (tertiary/aromatic N) is 6. The minimum absolute atomic E-state index is 0.138. The van der Waals surface area contributed by atoms with Gasteiger partial charge in [-0.05, 0) is 157 Å². The van der Waals surface area contributed by atoms with Gasteiger partial charge in [0.05, 0.1) is 22.7 Å². The highest BCUT2D eigenvalue weighted by Crippen LogP contribution is 2.23. The Kier molecular flexibility index (Phi) is 16.1. The minimum atomic E-state index is -0.138. The second-order valence-electron chi connectivity index (χ2n) is 14.7. The van der Waals surface area contributed by atoms with Crippen molar-refractivity contribution in [1.82, 2.24) is 10.6 Å². The Labute approximate surface area is 363 Å². The highest BCUT2D eigenvalue weighted by molar-refractivity contribution is 5.95. The van der Waals surface area contributed by atoms with E-state index in [-0.39, 0.29) is 11.8 Å². The number of nitrogens with one attached hydrogen (secondary N) is 2. The van der Waals surface area contributed by atoms with Crippen molar-refractivity contribution in [2.24, 2.45) is 20.5 Å². The van der Waals surface area contributed by atoms with E-state index >= 15 is 0 Å². The molecule has 0 bridgehead atoms. The minimum Gasteiger partial charge on any atom is -0.490 e.